The van der Waals surface area contributed by atoms with Crippen molar-refractivity contribution in [3.05, 3.63) is 164 Å². The molecule has 0 saturated heterocycles. The zero-order chi connectivity index (χ0) is 31.3. The summed E-state index contributed by atoms with van der Waals surface area (Å²) in [5.74, 6) is 0. The van der Waals surface area contributed by atoms with E-state index in [-0.39, 0.29) is 0 Å². The van der Waals surface area contributed by atoms with Crippen molar-refractivity contribution < 1.29 is 0 Å². The Morgan fingerprint density at radius 3 is 1.94 bits per heavy atom. The molecule has 48 heavy (non-hydrogen) atoms. The standard InChI is InChI=1S/C44H27N3S/c1-3-11-29(12-4-1)45-24-23-28-25-40-36(27-39(28)45)33-20-22-42-43(34-16-8-10-18-41(34)48-42)44(33)47(40)31-19-21-38-35(26-31)32-15-7-9-17-37(32)46(38)30-13-5-2-6-14-30/h1-27H. The minimum absolute atomic E-state index is 1.17. The second-order valence-corrected chi connectivity index (χ2v) is 13.7. The van der Waals surface area contributed by atoms with Crippen molar-refractivity contribution in [2.45, 2.75) is 0 Å². The van der Waals surface area contributed by atoms with E-state index in [0.29, 0.717) is 0 Å². The Hall–Kier alpha value is -6.10. The second-order valence-electron chi connectivity index (χ2n) is 12.6. The first-order valence-electron chi connectivity index (χ1n) is 16.4. The zero-order valence-corrected chi connectivity index (χ0v) is 26.7. The molecular formula is C44H27N3S. The third kappa shape index (κ3) is 3.52. The number of thiophene rings is 1. The largest absolute Gasteiger partial charge is 0.317 e. The van der Waals surface area contributed by atoms with E-state index in [1.807, 2.05) is 11.3 Å². The highest BCUT2D eigenvalue weighted by atomic mass is 32.1. The van der Waals surface area contributed by atoms with E-state index in [9.17, 15) is 0 Å². The van der Waals surface area contributed by atoms with Gasteiger partial charge in [0.2, 0.25) is 0 Å². The van der Waals surface area contributed by atoms with Gasteiger partial charge in [0, 0.05) is 70.4 Å². The Balaban J connectivity index is 1.28. The van der Waals surface area contributed by atoms with Gasteiger partial charge in [-0.1, -0.05) is 78.9 Å². The Labute approximate surface area is 279 Å². The predicted octanol–water partition coefficient (Wildman–Crippen LogP) is 12.2. The SMILES string of the molecule is c1ccc(-n2ccc3cc4c(cc32)c2ccc3sc5ccccc5c3c2n4-c2ccc3c(c2)c2ccccc2n3-c2ccccc2)cc1. The van der Waals surface area contributed by atoms with E-state index >= 15 is 0 Å². The summed E-state index contributed by atoms with van der Waals surface area (Å²) in [6.07, 6.45) is 2.19. The van der Waals surface area contributed by atoms with Gasteiger partial charge in [-0.2, -0.15) is 0 Å². The van der Waals surface area contributed by atoms with Gasteiger partial charge < -0.3 is 13.7 Å². The van der Waals surface area contributed by atoms with Gasteiger partial charge in [-0.25, -0.2) is 0 Å². The fourth-order valence-electron chi connectivity index (χ4n) is 7.98. The molecule has 0 spiro atoms. The number of aromatic nitrogens is 3. The van der Waals surface area contributed by atoms with E-state index in [2.05, 4.69) is 178 Å². The van der Waals surface area contributed by atoms with E-state index in [1.165, 1.54) is 91.7 Å². The molecule has 0 aliphatic carbocycles. The highest BCUT2D eigenvalue weighted by Gasteiger charge is 2.21. The summed E-state index contributed by atoms with van der Waals surface area (Å²) >= 11 is 1.88. The van der Waals surface area contributed by atoms with Crippen LogP contribution < -0.4 is 0 Å². The van der Waals surface area contributed by atoms with Gasteiger partial charge in [0.1, 0.15) is 0 Å². The maximum absolute atomic E-state index is 2.53. The summed E-state index contributed by atoms with van der Waals surface area (Å²) in [7, 11) is 0. The van der Waals surface area contributed by atoms with E-state index < -0.39 is 0 Å². The highest BCUT2D eigenvalue weighted by molar-refractivity contribution is 7.26. The second kappa shape index (κ2) is 9.71. The molecule has 0 amide bonds. The highest BCUT2D eigenvalue weighted by Crippen LogP contribution is 2.45. The van der Waals surface area contributed by atoms with Crippen LogP contribution in [0.2, 0.25) is 0 Å². The number of nitrogens with zero attached hydrogens (tertiary/aromatic N) is 3. The molecule has 0 aliphatic heterocycles. The van der Waals surface area contributed by atoms with Gasteiger partial charge in [0.15, 0.2) is 0 Å². The molecule has 0 bridgehead atoms. The summed E-state index contributed by atoms with van der Waals surface area (Å²) in [5, 5.41) is 8.91. The normalized spacial score (nSPS) is 12.2. The third-order valence-corrected chi connectivity index (χ3v) is 11.2. The average molecular weight is 630 g/mol. The van der Waals surface area contributed by atoms with Gasteiger partial charge >= 0.3 is 0 Å². The lowest BCUT2D eigenvalue weighted by Crippen LogP contribution is -1.96. The van der Waals surface area contributed by atoms with Crippen LogP contribution in [0, 0.1) is 0 Å². The number of rotatable bonds is 3. The molecule has 224 valence electrons. The molecular weight excluding hydrogens is 603 g/mol. The van der Waals surface area contributed by atoms with Crippen LogP contribution in [0.3, 0.4) is 0 Å². The fourth-order valence-corrected chi connectivity index (χ4v) is 9.09. The van der Waals surface area contributed by atoms with Crippen LogP contribution in [-0.4, -0.2) is 13.7 Å². The quantitative estimate of drug-likeness (QED) is 0.185. The van der Waals surface area contributed by atoms with Crippen LogP contribution >= 0.6 is 11.3 Å². The van der Waals surface area contributed by atoms with Crippen LogP contribution in [0.1, 0.15) is 0 Å². The number of fused-ring (bicyclic) bond motifs is 11. The monoisotopic (exact) mass is 629 g/mol. The van der Waals surface area contributed by atoms with Crippen LogP contribution in [0.4, 0.5) is 0 Å². The summed E-state index contributed by atoms with van der Waals surface area (Å²) in [5.41, 5.74) is 9.63. The lowest BCUT2D eigenvalue weighted by atomic mass is 10.1. The van der Waals surface area contributed by atoms with Gasteiger partial charge in [0.25, 0.3) is 0 Å². The van der Waals surface area contributed by atoms with Gasteiger partial charge in [-0.05, 0) is 78.9 Å². The molecule has 0 saturated carbocycles. The molecule has 11 aromatic rings. The lowest BCUT2D eigenvalue weighted by molar-refractivity contribution is 1.13. The Bertz CT molecular complexity index is 3050. The number of hydrogen-bond donors (Lipinski definition) is 0. The molecule has 4 aromatic heterocycles. The summed E-state index contributed by atoms with van der Waals surface area (Å²) in [4.78, 5) is 0. The fraction of sp³-hybridized carbons (Fsp3) is 0. The minimum atomic E-state index is 1.17. The van der Waals surface area contributed by atoms with Crippen molar-refractivity contribution in [2.75, 3.05) is 0 Å². The van der Waals surface area contributed by atoms with Crippen molar-refractivity contribution in [1.82, 2.24) is 13.7 Å². The van der Waals surface area contributed by atoms with Crippen LogP contribution in [-0.2, 0) is 0 Å². The van der Waals surface area contributed by atoms with Crippen molar-refractivity contribution in [2.24, 2.45) is 0 Å². The first kappa shape index (κ1) is 26.0. The maximum Gasteiger partial charge on any atom is 0.0634 e. The first-order chi connectivity index (χ1) is 23.8. The molecule has 4 heteroatoms. The smallest absolute Gasteiger partial charge is 0.0634 e. The molecule has 0 unspecified atom stereocenters. The third-order valence-electron chi connectivity index (χ3n) is 10.0. The van der Waals surface area contributed by atoms with Gasteiger partial charge in [-0.15, -0.1) is 11.3 Å². The van der Waals surface area contributed by atoms with E-state index in [4.69, 9.17) is 0 Å². The molecule has 0 fully saturated rings. The van der Waals surface area contributed by atoms with Crippen LogP contribution in [0.15, 0.2) is 164 Å². The molecule has 0 radical (unpaired) electrons. The lowest BCUT2D eigenvalue weighted by Gasteiger charge is -2.11. The maximum atomic E-state index is 2.53. The van der Waals surface area contributed by atoms with Crippen LogP contribution in [0.25, 0.3) is 91.7 Å². The number of para-hydroxylation sites is 3. The predicted molar refractivity (Wildman–Crippen MR) is 205 cm³/mol. The van der Waals surface area contributed by atoms with Gasteiger partial charge in [-0.3, -0.25) is 0 Å². The van der Waals surface area contributed by atoms with E-state index in [0.717, 1.165) is 0 Å². The van der Waals surface area contributed by atoms with Gasteiger partial charge in [0.05, 0.1) is 27.6 Å². The van der Waals surface area contributed by atoms with Crippen molar-refractivity contribution in [1.29, 1.82) is 0 Å². The molecule has 0 atom stereocenters. The molecule has 0 N–H and O–H groups in total. The average Bonchev–Trinajstić information content (AvgIpc) is 3.90. The molecule has 0 aliphatic rings. The molecule has 7 aromatic carbocycles. The van der Waals surface area contributed by atoms with E-state index in [1.54, 1.807) is 0 Å². The summed E-state index contributed by atoms with van der Waals surface area (Å²) in [6.45, 7) is 0. The van der Waals surface area contributed by atoms with Crippen molar-refractivity contribution in [3.63, 3.8) is 0 Å². The Morgan fingerprint density at radius 2 is 1.08 bits per heavy atom. The topological polar surface area (TPSA) is 14.8 Å². The Morgan fingerprint density at radius 1 is 0.375 bits per heavy atom. The molecule has 3 nitrogen and oxygen atoms in total. The zero-order valence-electron chi connectivity index (χ0n) is 25.8. The van der Waals surface area contributed by atoms with Crippen LogP contribution in [0.5, 0.6) is 0 Å². The van der Waals surface area contributed by atoms with Crippen molar-refractivity contribution in [3.8, 4) is 17.1 Å². The summed E-state index contributed by atoms with van der Waals surface area (Å²) in [6, 6.07) is 57.7. The molecule has 11 rings (SSSR count). The number of benzene rings is 7. The first-order valence-corrected chi connectivity index (χ1v) is 17.2. The minimum Gasteiger partial charge on any atom is -0.317 e. The Kier molecular flexibility index (Phi) is 5.26. The summed E-state index contributed by atoms with van der Waals surface area (Å²) < 4.78 is 9.85. The number of hydrogen-bond acceptors (Lipinski definition) is 1. The molecule has 4 heterocycles. The van der Waals surface area contributed by atoms with Crippen molar-refractivity contribution >= 4 is 86.0 Å².